The molecule has 29 heavy (non-hydrogen) atoms. The van der Waals surface area contributed by atoms with E-state index in [1.54, 1.807) is 24.5 Å². The molecule has 0 saturated carbocycles. The van der Waals surface area contributed by atoms with Gasteiger partial charge in [-0.15, -0.1) is 0 Å². The van der Waals surface area contributed by atoms with Crippen LogP contribution in [0.1, 0.15) is 5.82 Å². The molecule has 0 fully saturated rings. The van der Waals surface area contributed by atoms with Crippen LogP contribution >= 0.6 is 15.9 Å². The minimum absolute atomic E-state index is 0.168. The Bertz CT molecular complexity index is 1100. The molecular formula is C18H21BrN6O3S. The predicted molar refractivity (Wildman–Crippen MR) is 113 cm³/mol. The highest BCUT2D eigenvalue weighted by Gasteiger charge is 2.15. The maximum atomic E-state index is 12.2. The minimum atomic E-state index is -3.58. The first-order valence-corrected chi connectivity index (χ1v) is 11.0. The smallest absolute Gasteiger partial charge is 0.240 e. The van der Waals surface area contributed by atoms with Crippen LogP contribution in [-0.2, 0) is 21.8 Å². The van der Waals surface area contributed by atoms with Crippen molar-refractivity contribution >= 4 is 37.6 Å². The van der Waals surface area contributed by atoms with Crippen molar-refractivity contribution in [2.75, 3.05) is 25.6 Å². The van der Waals surface area contributed by atoms with Crippen LogP contribution in [0, 0.1) is 6.92 Å². The molecular weight excluding hydrogens is 460 g/mol. The van der Waals surface area contributed by atoms with Gasteiger partial charge in [0.25, 0.3) is 0 Å². The Hall–Kier alpha value is -2.34. The van der Waals surface area contributed by atoms with Gasteiger partial charge >= 0.3 is 0 Å². The summed E-state index contributed by atoms with van der Waals surface area (Å²) in [6.45, 7) is 2.43. The normalized spacial score (nSPS) is 11.6. The maximum absolute atomic E-state index is 12.2. The zero-order chi connectivity index (χ0) is 21.0. The van der Waals surface area contributed by atoms with Gasteiger partial charge in [0.05, 0.1) is 27.9 Å². The molecule has 0 aliphatic heterocycles. The molecule has 2 aromatic heterocycles. The number of anilines is 2. The van der Waals surface area contributed by atoms with Gasteiger partial charge in [0, 0.05) is 32.6 Å². The summed E-state index contributed by atoms with van der Waals surface area (Å²) < 4.78 is 34.5. The quantitative estimate of drug-likeness (QED) is 0.476. The van der Waals surface area contributed by atoms with Crippen LogP contribution in [0.3, 0.4) is 0 Å². The van der Waals surface area contributed by atoms with Crippen LogP contribution in [-0.4, -0.2) is 48.2 Å². The van der Waals surface area contributed by atoms with Crippen molar-refractivity contribution in [2.24, 2.45) is 7.05 Å². The maximum Gasteiger partial charge on any atom is 0.240 e. The second-order valence-corrected chi connectivity index (χ2v) is 8.80. The lowest BCUT2D eigenvalue weighted by atomic mass is 10.3. The van der Waals surface area contributed by atoms with Crippen LogP contribution < -0.4 is 10.0 Å². The summed E-state index contributed by atoms with van der Waals surface area (Å²) in [6.07, 6.45) is 3.41. The lowest BCUT2D eigenvalue weighted by Gasteiger charge is -2.10. The van der Waals surface area contributed by atoms with Gasteiger partial charge in [0.2, 0.25) is 16.0 Å². The highest BCUT2D eigenvalue weighted by atomic mass is 79.9. The SMILES string of the molecule is COCCNS(=O)(=O)c1ccc(Nc2ncc(Br)c(-c3cnc(C)n3C)n2)cc1. The largest absolute Gasteiger partial charge is 0.383 e. The van der Waals surface area contributed by atoms with Crippen LogP contribution in [0.2, 0.25) is 0 Å². The second kappa shape index (κ2) is 8.99. The number of aromatic nitrogens is 4. The average molecular weight is 481 g/mol. The molecule has 0 aliphatic carbocycles. The molecule has 2 heterocycles. The summed E-state index contributed by atoms with van der Waals surface area (Å²) in [6, 6.07) is 6.35. The summed E-state index contributed by atoms with van der Waals surface area (Å²) in [7, 11) is -0.148. The molecule has 0 unspecified atom stereocenters. The van der Waals surface area contributed by atoms with Crippen molar-refractivity contribution in [1.82, 2.24) is 24.2 Å². The topological polar surface area (TPSA) is 111 Å². The van der Waals surface area contributed by atoms with Gasteiger partial charge in [-0.3, -0.25) is 0 Å². The molecule has 0 saturated heterocycles. The highest BCUT2D eigenvalue weighted by Crippen LogP contribution is 2.27. The van der Waals surface area contributed by atoms with Gasteiger partial charge in [-0.05, 0) is 47.1 Å². The number of ether oxygens (including phenoxy) is 1. The fourth-order valence-electron chi connectivity index (χ4n) is 2.54. The first-order chi connectivity index (χ1) is 13.8. The molecule has 0 atom stereocenters. The molecule has 1 aromatic carbocycles. The molecule has 3 aromatic rings. The molecule has 9 nitrogen and oxygen atoms in total. The number of halogens is 1. The molecule has 0 bridgehead atoms. The molecule has 154 valence electrons. The van der Waals surface area contributed by atoms with Gasteiger partial charge in [-0.1, -0.05) is 0 Å². The number of nitrogens with one attached hydrogen (secondary N) is 2. The summed E-state index contributed by atoms with van der Waals surface area (Å²) in [5, 5.41) is 3.09. The Morgan fingerprint density at radius 2 is 1.90 bits per heavy atom. The second-order valence-electron chi connectivity index (χ2n) is 6.18. The molecule has 11 heteroatoms. The lowest BCUT2D eigenvalue weighted by molar-refractivity contribution is 0.204. The van der Waals surface area contributed by atoms with Gasteiger partial charge in [-0.2, -0.15) is 0 Å². The zero-order valence-electron chi connectivity index (χ0n) is 16.2. The number of hydrogen-bond acceptors (Lipinski definition) is 7. The van der Waals surface area contributed by atoms with E-state index in [1.807, 2.05) is 18.5 Å². The summed E-state index contributed by atoms with van der Waals surface area (Å²) in [5.74, 6) is 1.26. The van der Waals surface area contributed by atoms with E-state index >= 15 is 0 Å². The van der Waals surface area contributed by atoms with Gasteiger partial charge in [0.15, 0.2) is 0 Å². The van der Waals surface area contributed by atoms with Crippen LogP contribution in [0.5, 0.6) is 0 Å². The average Bonchev–Trinajstić information content (AvgIpc) is 3.02. The third kappa shape index (κ3) is 4.99. The van der Waals surface area contributed by atoms with Crippen molar-refractivity contribution in [3.8, 4) is 11.4 Å². The fraction of sp³-hybridized carbons (Fsp3) is 0.278. The Kier molecular flexibility index (Phi) is 6.63. The Balaban J connectivity index is 1.79. The van der Waals surface area contributed by atoms with Crippen LogP contribution in [0.4, 0.5) is 11.6 Å². The first-order valence-electron chi connectivity index (χ1n) is 8.69. The molecule has 0 spiro atoms. The van der Waals surface area contributed by atoms with Crippen LogP contribution in [0.25, 0.3) is 11.4 Å². The number of methoxy groups -OCH3 is 1. The molecule has 3 rings (SSSR count). The van der Waals surface area contributed by atoms with E-state index in [1.165, 1.54) is 19.2 Å². The van der Waals surface area contributed by atoms with E-state index in [0.29, 0.717) is 23.9 Å². The summed E-state index contributed by atoms with van der Waals surface area (Å²) in [5.41, 5.74) is 2.21. The summed E-state index contributed by atoms with van der Waals surface area (Å²) >= 11 is 3.48. The van der Waals surface area contributed by atoms with Crippen molar-refractivity contribution in [3.63, 3.8) is 0 Å². The van der Waals surface area contributed by atoms with Gasteiger partial charge in [-0.25, -0.2) is 28.1 Å². The number of benzene rings is 1. The number of aryl methyl sites for hydroxylation is 1. The van der Waals surface area contributed by atoms with Crippen molar-refractivity contribution in [3.05, 3.63) is 47.0 Å². The fourth-order valence-corrected chi connectivity index (χ4v) is 3.94. The van der Waals surface area contributed by atoms with E-state index in [9.17, 15) is 8.42 Å². The Morgan fingerprint density at radius 3 is 2.52 bits per heavy atom. The monoisotopic (exact) mass is 480 g/mol. The van der Waals surface area contributed by atoms with E-state index < -0.39 is 10.0 Å². The molecule has 2 N–H and O–H groups in total. The number of rotatable bonds is 8. The number of imidazole rings is 1. The minimum Gasteiger partial charge on any atom is -0.383 e. The number of hydrogen-bond donors (Lipinski definition) is 2. The molecule has 0 amide bonds. The van der Waals surface area contributed by atoms with E-state index in [4.69, 9.17) is 4.74 Å². The van der Waals surface area contributed by atoms with Crippen LogP contribution in [0.15, 0.2) is 46.0 Å². The van der Waals surface area contributed by atoms with Crippen molar-refractivity contribution in [1.29, 1.82) is 0 Å². The van der Waals surface area contributed by atoms with E-state index in [0.717, 1.165) is 16.0 Å². The molecule has 0 aliphatic rings. The van der Waals surface area contributed by atoms with Gasteiger partial charge < -0.3 is 14.6 Å². The Morgan fingerprint density at radius 1 is 1.17 bits per heavy atom. The van der Waals surface area contributed by atoms with Crippen molar-refractivity contribution < 1.29 is 13.2 Å². The van der Waals surface area contributed by atoms with Gasteiger partial charge in [0.1, 0.15) is 11.5 Å². The number of sulfonamides is 1. The third-order valence-corrected chi connectivity index (χ3v) is 6.28. The molecule has 0 radical (unpaired) electrons. The lowest BCUT2D eigenvalue weighted by Crippen LogP contribution is -2.27. The zero-order valence-corrected chi connectivity index (χ0v) is 18.6. The number of nitrogens with zero attached hydrogens (tertiary/aromatic N) is 4. The summed E-state index contributed by atoms with van der Waals surface area (Å²) in [4.78, 5) is 13.3. The third-order valence-electron chi connectivity index (χ3n) is 4.23. The highest BCUT2D eigenvalue weighted by molar-refractivity contribution is 9.10. The predicted octanol–water partition coefficient (Wildman–Crippen LogP) is 2.62. The van der Waals surface area contributed by atoms with E-state index in [-0.39, 0.29) is 11.4 Å². The Labute approximate surface area is 177 Å². The van der Waals surface area contributed by atoms with E-state index in [2.05, 4.69) is 40.9 Å². The van der Waals surface area contributed by atoms with Crippen molar-refractivity contribution in [2.45, 2.75) is 11.8 Å². The standard InChI is InChI=1S/C18H21BrN6O3S/c1-12-20-11-16(25(12)2)17-15(19)10-21-18(24-17)23-13-4-6-14(7-5-13)29(26,27)22-8-9-28-3/h4-7,10-11,22H,8-9H2,1-3H3,(H,21,23,24). The first kappa shape index (κ1) is 21.4.